The molecule has 0 spiro atoms. The zero-order chi connectivity index (χ0) is 18.1. The molecular formula is C14H13F4N3O3. The second-order valence-corrected chi connectivity index (χ2v) is 5.11. The van der Waals surface area contributed by atoms with Gasteiger partial charge < -0.3 is 15.5 Å². The topological polar surface area (TPSA) is 83.7 Å². The van der Waals surface area contributed by atoms with Gasteiger partial charge in [0.05, 0.1) is 11.1 Å². The van der Waals surface area contributed by atoms with Gasteiger partial charge in [-0.3, -0.25) is 14.4 Å². The van der Waals surface area contributed by atoms with Crippen LogP contribution in [0.2, 0.25) is 0 Å². The lowest BCUT2D eigenvalue weighted by atomic mass is 10.0. The van der Waals surface area contributed by atoms with Crippen LogP contribution in [0.4, 0.5) is 17.6 Å². The average Bonchev–Trinajstić information content (AvgIpc) is 2.52. The van der Waals surface area contributed by atoms with E-state index in [1.807, 2.05) is 0 Å². The molecule has 1 aliphatic heterocycles. The van der Waals surface area contributed by atoms with Gasteiger partial charge in [-0.2, -0.15) is 13.2 Å². The molecule has 1 heterocycles. The van der Waals surface area contributed by atoms with E-state index >= 15 is 0 Å². The van der Waals surface area contributed by atoms with Crippen molar-refractivity contribution in [1.82, 2.24) is 9.80 Å². The molecule has 0 radical (unpaired) electrons. The minimum Gasteiger partial charge on any atom is -0.361 e. The number of amides is 3. The van der Waals surface area contributed by atoms with E-state index in [0.29, 0.717) is 6.07 Å². The third-order valence-corrected chi connectivity index (χ3v) is 3.60. The molecule has 1 aromatic rings. The van der Waals surface area contributed by atoms with E-state index in [9.17, 15) is 31.9 Å². The Morgan fingerprint density at radius 3 is 2.04 bits per heavy atom. The van der Waals surface area contributed by atoms with Gasteiger partial charge in [-0.1, -0.05) is 6.07 Å². The Labute approximate surface area is 133 Å². The summed E-state index contributed by atoms with van der Waals surface area (Å²) in [5, 5.41) is 0. The zero-order valence-corrected chi connectivity index (χ0v) is 12.3. The van der Waals surface area contributed by atoms with Crippen molar-refractivity contribution in [3.05, 3.63) is 35.1 Å². The molecule has 0 saturated carbocycles. The summed E-state index contributed by atoms with van der Waals surface area (Å²) in [5.74, 6) is -4.50. The number of hydrogen-bond acceptors (Lipinski definition) is 3. The molecule has 1 aliphatic rings. The first kappa shape index (κ1) is 17.7. The summed E-state index contributed by atoms with van der Waals surface area (Å²) in [6, 6.07) is 2.27. The van der Waals surface area contributed by atoms with Crippen LogP contribution in [0.3, 0.4) is 0 Å². The van der Waals surface area contributed by atoms with Crippen LogP contribution >= 0.6 is 0 Å². The first-order chi connectivity index (χ1) is 11.1. The van der Waals surface area contributed by atoms with Crippen molar-refractivity contribution in [3.8, 4) is 0 Å². The van der Waals surface area contributed by atoms with Crippen molar-refractivity contribution < 1.29 is 31.9 Å². The molecule has 1 saturated heterocycles. The molecule has 10 heteroatoms. The standard InChI is InChI=1S/C14H13F4N3O3/c15-9-3-1-2-8(14(16,17)18)10(9)12(23)20-4-6-21(7-5-20)13(24)11(19)22/h1-3H,4-7H2,(H2,19,22). The SMILES string of the molecule is NC(=O)C(=O)N1CCN(C(=O)c2c(F)cccc2C(F)(F)F)CC1. The maximum atomic E-state index is 13.8. The van der Waals surface area contributed by atoms with E-state index in [-0.39, 0.29) is 26.2 Å². The Hall–Kier alpha value is -2.65. The molecule has 130 valence electrons. The first-order valence-electron chi connectivity index (χ1n) is 6.86. The summed E-state index contributed by atoms with van der Waals surface area (Å²) in [6.07, 6.45) is -4.88. The predicted octanol–water partition coefficient (Wildman–Crippen LogP) is 0.614. The van der Waals surface area contributed by atoms with Crippen LogP contribution in [-0.2, 0) is 15.8 Å². The fourth-order valence-electron chi connectivity index (χ4n) is 2.40. The lowest BCUT2D eigenvalue weighted by Gasteiger charge is -2.34. The van der Waals surface area contributed by atoms with E-state index < -0.39 is 40.8 Å². The highest BCUT2D eigenvalue weighted by atomic mass is 19.4. The lowest BCUT2D eigenvalue weighted by Crippen LogP contribution is -2.53. The number of hydrogen-bond donors (Lipinski definition) is 1. The van der Waals surface area contributed by atoms with E-state index in [1.165, 1.54) is 0 Å². The highest BCUT2D eigenvalue weighted by molar-refractivity contribution is 6.34. The van der Waals surface area contributed by atoms with E-state index in [1.54, 1.807) is 0 Å². The van der Waals surface area contributed by atoms with E-state index in [4.69, 9.17) is 5.73 Å². The number of carbonyl (C=O) groups is 3. The largest absolute Gasteiger partial charge is 0.417 e. The molecule has 2 rings (SSSR count). The number of nitrogens with zero attached hydrogens (tertiary/aromatic N) is 2. The maximum Gasteiger partial charge on any atom is 0.417 e. The van der Waals surface area contributed by atoms with Crippen molar-refractivity contribution in [2.24, 2.45) is 5.73 Å². The minimum atomic E-state index is -4.88. The number of benzene rings is 1. The van der Waals surface area contributed by atoms with Gasteiger partial charge in [0.1, 0.15) is 5.82 Å². The van der Waals surface area contributed by atoms with Gasteiger partial charge >= 0.3 is 18.0 Å². The Morgan fingerprint density at radius 2 is 1.54 bits per heavy atom. The fourth-order valence-corrected chi connectivity index (χ4v) is 2.40. The number of carbonyl (C=O) groups excluding carboxylic acids is 3. The van der Waals surface area contributed by atoms with Gasteiger partial charge in [-0.05, 0) is 12.1 Å². The minimum absolute atomic E-state index is 0.0800. The molecule has 24 heavy (non-hydrogen) atoms. The number of alkyl halides is 3. The van der Waals surface area contributed by atoms with E-state index in [2.05, 4.69) is 0 Å². The van der Waals surface area contributed by atoms with Crippen LogP contribution in [0.5, 0.6) is 0 Å². The quantitative estimate of drug-likeness (QED) is 0.597. The third-order valence-electron chi connectivity index (χ3n) is 3.60. The van der Waals surface area contributed by atoms with E-state index in [0.717, 1.165) is 21.9 Å². The predicted molar refractivity (Wildman–Crippen MR) is 73.1 cm³/mol. The van der Waals surface area contributed by atoms with Crippen LogP contribution in [0.15, 0.2) is 18.2 Å². The van der Waals surface area contributed by atoms with Gasteiger partial charge in [0.25, 0.3) is 5.91 Å². The molecule has 0 bridgehead atoms. The number of primary amides is 1. The fraction of sp³-hybridized carbons (Fsp3) is 0.357. The van der Waals surface area contributed by atoms with Gasteiger partial charge in [0, 0.05) is 26.2 Å². The van der Waals surface area contributed by atoms with Crippen molar-refractivity contribution in [3.63, 3.8) is 0 Å². The van der Waals surface area contributed by atoms with Crippen molar-refractivity contribution in [2.45, 2.75) is 6.18 Å². The molecule has 3 amide bonds. The highest BCUT2D eigenvalue weighted by Gasteiger charge is 2.38. The van der Waals surface area contributed by atoms with Crippen molar-refractivity contribution in [2.75, 3.05) is 26.2 Å². The summed E-state index contributed by atoms with van der Waals surface area (Å²) < 4.78 is 52.7. The molecule has 1 aromatic carbocycles. The van der Waals surface area contributed by atoms with Crippen molar-refractivity contribution in [1.29, 1.82) is 0 Å². The van der Waals surface area contributed by atoms with Gasteiger partial charge in [-0.25, -0.2) is 4.39 Å². The Morgan fingerprint density at radius 1 is 1.00 bits per heavy atom. The normalized spacial score (nSPS) is 15.3. The van der Waals surface area contributed by atoms with Gasteiger partial charge in [-0.15, -0.1) is 0 Å². The first-order valence-corrected chi connectivity index (χ1v) is 6.86. The third kappa shape index (κ3) is 3.47. The molecule has 0 unspecified atom stereocenters. The Kier molecular flexibility index (Phi) is 4.76. The monoisotopic (exact) mass is 347 g/mol. The number of halogens is 4. The van der Waals surface area contributed by atoms with Gasteiger partial charge in [0.2, 0.25) is 0 Å². The lowest BCUT2D eigenvalue weighted by molar-refractivity contribution is -0.145. The zero-order valence-electron chi connectivity index (χ0n) is 12.3. The smallest absolute Gasteiger partial charge is 0.361 e. The van der Waals surface area contributed by atoms with Crippen LogP contribution in [0, 0.1) is 5.82 Å². The summed E-state index contributed by atoms with van der Waals surface area (Å²) in [5.41, 5.74) is 2.44. The number of piperazine rings is 1. The average molecular weight is 347 g/mol. The summed E-state index contributed by atoms with van der Waals surface area (Å²) in [7, 11) is 0. The number of rotatable bonds is 1. The summed E-state index contributed by atoms with van der Waals surface area (Å²) in [6.45, 7) is -0.431. The molecular weight excluding hydrogens is 334 g/mol. The Balaban J connectivity index is 2.20. The molecule has 0 aromatic heterocycles. The highest BCUT2D eigenvalue weighted by Crippen LogP contribution is 2.33. The molecule has 0 aliphatic carbocycles. The van der Waals surface area contributed by atoms with Crippen LogP contribution in [0.25, 0.3) is 0 Å². The van der Waals surface area contributed by atoms with Crippen molar-refractivity contribution >= 4 is 17.7 Å². The molecule has 2 N–H and O–H groups in total. The maximum absolute atomic E-state index is 13.8. The molecule has 1 fully saturated rings. The summed E-state index contributed by atoms with van der Waals surface area (Å²) >= 11 is 0. The van der Waals surface area contributed by atoms with Crippen LogP contribution < -0.4 is 5.73 Å². The molecule has 0 atom stereocenters. The summed E-state index contributed by atoms with van der Waals surface area (Å²) in [4.78, 5) is 36.6. The molecule has 6 nitrogen and oxygen atoms in total. The second kappa shape index (κ2) is 6.46. The van der Waals surface area contributed by atoms with Crippen LogP contribution in [-0.4, -0.2) is 53.7 Å². The van der Waals surface area contributed by atoms with Crippen LogP contribution in [0.1, 0.15) is 15.9 Å². The number of nitrogens with two attached hydrogens (primary N) is 1. The van der Waals surface area contributed by atoms with Gasteiger partial charge in [0.15, 0.2) is 0 Å². The Bertz CT molecular complexity index is 682. The second-order valence-electron chi connectivity index (χ2n) is 5.11.